The molecule has 0 bridgehead atoms. The molecule has 16 heavy (non-hydrogen) atoms. The molecular formula is C15H17N. The lowest BCUT2D eigenvalue weighted by atomic mass is 10.1. The third-order valence-electron chi connectivity index (χ3n) is 2.40. The number of aromatic nitrogens is 1. The summed E-state index contributed by atoms with van der Waals surface area (Å²) in [6.45, 7) is 6.22. The summed E-state index contributed by atoms with van der Waals surface area (Å²) in [7, 11) is 0. The minimum Gasteiger partial charge on any atom is -0.257 e. The first kappa shape index (κ1) is 12.3. The van der Waals surface area contributed by atoms with E-state index in [-0.39, 0.29) is 0 Å². The molecule has 0 fully saturated rings. The van der Waals surface area contributed by atoms with Gasteiger partial charge in [0.1, 0.15) is 0 Å². The van der Waals surface area contributed by atoms with Crippen molar-refractivity contribution in [2.75, 3.05) is 0 Å². The minimum atomic E-state index is 0.938. The molecule has 0 unspecified atom stereocenters. The molecule has 0 aliphatic carbocycles. The number of hydrogen-bond donors (Lipinski definition) is 0. The Kier molecular flexibility index (Phi) is 4.54. The molecule has 1 rings (SSSR count). The standard InChI is InChI=1S/C15H17N/c1-5-7-14(6-2)11-13(4)15-10-12(3)8-9-16-15/h1,7-11H,6H2,2-4H3/b13-11+,14-7-. The molecule has 0 saturated carbocycles. The molecule has 1 nitrogen and oxygen atoms in total. The lowest BCUT2D eigenvalue weighted by molar-refractivity contribution is 1.15. The lowest BCUT2D eigenvalue weighted by Crippen LogP contribution is -1.87. The second-order valence-electron chi connectivity index (χ2n) is 3.79. The van der Waals surface area contributed by atoms with Gasteiger partial charge in [-0.2, -0.15) is 0 Å². The van der Waals surface area contributed by atoms with E-state index in [1.807, 2.05) is 12.3 Å². The Morgan fingerprint density at radius 1 is 1.56 bits per heavy atom. The van der Waals surface area contributed by atoms with E-state index in [0.717, 1.165) is 23.3 Å². The van der Waals surface area contributed by atoms with E-state index in [1.54, 1.807) is 6.08 Å². The quantitative estimate of drug-likeness (QED) is 0.548. The van der Waals surface area contributed by atoms with Gasteiger partial charge >= 0.3 is 0 Å². The highest BCUT2D eigenvalue weighted by Gasteiger charge is 1.98. The van der Waals surface area contributed by atoms with Crippen LogP contribution in [0.15, 0.2) is 36.1 Å². The van der Waals surface area contributed by atoms with E-state index in [9.17, 15) is 0 Å². The summed E-state index contributed by atoms with van der Waals surface area (Å²) in [5, 5.41) is 0. The van der Waals surface area contributed by atoms with Gasteiger partial charge in [-0.1, -0.05) is 18.9 Å². The van der Waals surface area contributed by atoms with Crippen molar-refractivity contribution < 1.29 is 0 Å². The van der Waals surface area contributed by atoms with Crippen LogP contribution in [-0.2, 0) is 0 Å². The molecule has 0 spiro atoms. The van der Waals surface area contributed by atoms with Gasteiger partial charge < -0.3 is 0 Å². The Hall–Kier alpha value is -1.81. The molecule has 0 N–H and O–H groups in total. The topological polar surface area (TPSA) is 12.9 Å². The minimum absolute atomic E-state index is 0.938. The van der Waals surface area contributed by atoms with Crippen molar-refractivity contribution >= 4 is 5.57 Å². The average Bonchev–Trinajstić information content (AvgIpc) is 2.28. The first-order valence-electron chi connectivity index (χ1n) is 5.44. The Labute approximate surface area is 97.9 Å². The lowest BCUT2D eigenvalue weighted by Gasteiger charge is -2.03. The van der Waals surface area contributed by atoms with Crippen LogP contribution in [0.1, 0.15) is 31.5 Å². The van der Waals surface area contributed by atoms with Gasteiger partial charge in [0.05, 0.1) is 5.69 Å². The highest BCUT2D eigenvalue weighted by Crippen LogP contribution is 2.16. The summed E-state index contributed by atoms with van der Waals surface area (Å²) in [5.74, 6) is 2.56. The van der Waals surface area contributed by atoms with Crippen LogP contribution >= 0.6 is 0 Å². The summed E-state index contributed by atoms with van der Waals surface area (Å²) < 4.78 is 0. The fraction of sp³-hybridized carbons (Fsp3) is 0.267. The van der Waals surface area contributed by atoms with Crippen molar-refractivity contribution in [3.05, 3.63) is 47.3 Å². The van der Waals surface area contributed by atoms with Crippen molar-refractivity contribution in [2.24, 2.45) is 0 Å². The Bertz CT molecular complexity index is 459. The van der Waals surface area contributed by atoms with Crippen LogP contribution in [0.25, 0.3) is 5.57 Å². The van der Waals surface area contributed by atoms with E-state index in [4.69, 9.17) is 6.42 Å². The molecule has 1 heteroatoms. The first-order chi connectivity index (χ1) is 7.67. The van der Waals surface area contributed by atoms with Gasteiger partial charge in [0.25, 0.3) is 0 Å². The van der Waals surface area contributed by atoms with Gasteiger partial charge in [-0.15, -0.1) is 6.42 Å². The summed E-state index contributed by atoms with van der Waals surface area (Å²) in [5.41, 5.74) is 4.53. The maximum atomic E-state index is 5.27. The molecule has 1 aromatic heterocycles. The zero-order valence-corrected chi connectivity index (χ0v) is 10.1. The molecule has 0 radical (unpaired) electrons. The zero-order chi connectivity index (χ0) is 12.0. The van der Waals surface area contributed by atoms with Gasteiger partial charge in [-0.3, -0.25) is 4.98 Å². The molecule has 0 saturated heterocycles. The van der Waals surface area contributed by atoms with Gasteiger partial charge in [0.15, 0.2) is 0 Å². The second kappa shape index (κ2) is 5.92. The van der Waals surface area contributed by atoms with Gasteiger partial charge in [0, 0.05) is 6.20 Å². The van der Waals surface area contributed by atoms with Crippen LogP contribution in [0.5, 0.6) is 0 Å². The van der Waals surface area contributed by atoms with E-state index in [2.05, 4.69) is 43.8 Å². The van der Waals surface area contributed by atoms with E-state index in [1.165, 1.54) is 5.56 Å². The molecule has 0 aliphatic heterocycles. The van der Waals surface area contributed by atoms with Crippen molar-refractivity contribution in [2.45, 2.75) is 27.2 Å². The number of terminal acetylenes is 1. The van der Waals surface area contributed by atoms with Crippen LogP contribution < -0.4 is 0 Å². The predicted molar refractivity (Wildman–Crippen MR) is 69.8 cm³/mol. The number of nitrogens with zero attached hydrogens (tertiary/aromatic N) is 1. The molecule has 0 amide bonds. The third kappa shape index (κ3) is 3.40. The molecule has 0 aromatic carbocycles. The monoisotopic (exact) mass is 211 g/mol. The van der Waals surface area contributed by atoms with E-state index >= 15 is 0 Å². The van der Waals surface area contributed by atoms with Gasteiger partial charge in [-0.25, -0.2) is 0 Å². The van der Waals surface area contributed by atoms with Crippen LogP contribution in [0.3, 0.4) is 0 Å². The Morgan fingerprint density at radius 2 is 2.31 bits per heavy atom. The molecular weight excluding hydrogens is 194 g/mol. The maximum Gasteiger partial charge on any atom is 0.0661 e. The molecule has 0 aliphatic rings. The summed E-state index contributed by atoms with van der Waals surface area (Å²) in [6.07, 6.45) is 11.9. The SMILES string of the molecule is C#C/C=C(\C=C(/C)c1cc(C)ccn1)CC. The van der Waals surface area contributed by atoms with Crippen molar-refractivity contribution in [3.8, 4) is 12.3 Å². The normalized spacial score (nSPS) is 12.4. The highest BCUT2D eigenvalue weighted by atomic mass is 14.7. The predicted octanol–water partition coefficient (Wildman–Crippen LogP) is 3.76. The molecule has 1 aromatic rings. The largest absolute Gasteiger partial charge is 0.257 e. The van der Waals surface area contributed by atoms with Gasteiger partial charge in [0.2, 0.25) is 0 Å². The Morgan fingerprint density at radius 3 is 2.88 bits per heavy atom. The van der Waals surface area contributed by atoms with Crippen molar-refractivity contribution in [1.82, 2.24) is 4.98 Å². The molecule has 1 heterocycles. The summed E-state index contributed by atoms with van der Waals surface area (Å²) in [6, 6.07) is 4.07. The Balaban J connectivity index is 3.02. The molecule has 82 valence electrons. The van der Waals surface area contributed by atoms with E-state index < -0.39 is 0 Å². The summed E-state index contributed by atoms with van der Waals surface area (Å²) in [4.78, 5) is 4.34. The fourth-order valence-corrected chi connectivity index (χ4v) is 1.46. The van der Waals surface area contributed by atoms with Crippen LogP contribution in [0, 0.1) is 19.3 Å². The third-order valence-corrected chi connectivity index (χ3v) is 2.40. The maximum absolute atomic E-state index is 5.27. The number of pyridine rings is 1. The van der Waals surface area contributed by atoms with Crippen molar-refractivity contribution in [3.63, 3.8) is 0 Å². The number of aryl methyl sites for hydroxylation is 1. The number of rotatable bonds is 3. The van der Waals surface area contributed by atoms with E-state index in [0.29, 0.717) is 0 Å². The highest BCUT2D eigenvalue weighted by molar-refractivity contribution is 5.64. The van der Waals surface area contributed by atoms with Crippen LogP contribution in [0.2, 0.25) is 0 Å². The smallest absolute Gasteiger partial charge is 0.0661 e. The molecule has 0 atom stereocenters. The van der Waals surface area contributed by atoms with Crippen molar-refractivity contribution in [1.29, 1.82) is 0 Å². The van der Waals surface area contributed by atoms with Gasteiger partial charge in [-0.05, 0) is 55.2 Å². The van der Waals surface area contributed by atoms with Crippen LogP contribution in [0.4, 0.5) is 0 Å². The number of hydrogen-bond acceptors (Lipinski definition) is 1. The fourth-order valence-electron chi connectivity index (χ4n) is 1.46. The number of allylic oxidation sites excluding steroid dienone is 4. The summed E-state index contributed by atoms with van der Waals surface area (Å²) >= 11 is 0. The first-order valence-corrected chi connectivity index (χ1v) is 5.44. The average molecular weight is 211 g/mol. The van der Waals surface area contributed by atoms with Crippen LogP contribution in [-0.4, -0.2) is 4.98 Å². The second-order valence-corrected chi connectivity index (χ2v) is 3.79. The zero-order valence-electron chi connectivity index (χ0n) is 10.1.